The van der Waals surface area contributed by atoms with Gasteiger partial charge in [0.1, 0.15) is 17.1 Å². The highest BCUT2D eigenvalue weighted by Gasteiger charge is 2.43. The summed E-state index contributed by atoms with van der Waals surface area (Å²) in [5, 5.41) is 2.86. The fourth-order valence-corrected chi connectivity index (χ4v) is 4.03. The van der Waals surface area contributed by atoms with Gasteiger partial charge in [-0.15, -0.1) is 0 Å². The highest BCUT2D eigenvalue weighted by atomic mass is 19.1. The molecule has 0 aromatic heterocycles. The Balaban J connectivity index is 1.61. The fourth-order valence-electron chi connectivity index (χ4n) is 4.03. The van der Waals surface area contributed by atoms with E-state index in [1.807, 2.05) is 0 Å². The first-order valence-corrected chi connectivity index (χ1v) is 8.02. The molecule has 5 heteroatoms. The van der Waals surface area contributed by atoms with Crippen molar-refractivity contribution in [3.05, 3.63) is 29.6 Å². The summed E-state index contributed by atoms with van der Waals surface area (Å²) in [6.07, 6.45) is 5.86. The number of halogens is 1. The van der Waals surface area contributed by atoms with E-state index in [1.165, 1.54) is 51.9 Å². The van der Waals surface area contributed by atoms with Crippen molar-refractivity contribution in [2.45, 2.75) is 37.6 Å². The van der Waals surface area contributed by atoms with E-state index in [9.17, 15) is 9.18 Å². The number of fused-ring (bicyclic) bond motifs is 1. The molecule has 0 atom stereocenters. The number of rotatable bonds is 5. The number of ether oxygens (including phenoxy) is 1. The van der Waals surface area contributed by atoms with E-state index in [-0.39, 0.29) is 16.9 Å². The Hall–Kier alpha value is -1.62. The van der Waals surface area contributed by atoms with E-state index < -0.39 is 11.7 Å². The molecule has 2 fully saturated rings. The number of nitrogens with zero attached hydrogens (tertiary/aromatic N) is 1. The van der Waals surface area contributed by atoms with E-state index in [2.05, 4.69) is 10.2 Å². The highest BCUT2D eigenvalue weighted by Crippen LogP contribution is 2.40. The Bertz CT molecular complexity index is 552. The van der Waals surface area contributed by atoms with Crippen molar-refractivity contribution in [2.24, 2.45) is 0 Å². The molecule has 0 spiro atoms. The second-order valence-corrected chi connectivity index (χ2v) is 6.24. The number of hydrogen-bond acceptors (Lipinski definition) is 3. The van der Waals surface area contributed by atoms with Gasteiger partial charge in [-0.3, -0.25) is 9.69 Å². The van der Waals surface area contributed by atoms with Crippen LogP contribution in [0, 0.1) is 5.82 Å². The minimum Gasteiger partial charge on any atom is -0.496 e. The van der Waals surface area contributed by atoms with Gasteiger partial charge < -0.3 is 10.1 Å². The zero-order chi connectivity index (χ0) is 15.6. The Labute approximate surface area is 130 Å². The third kappa shape index (κ3) is 2.70. The third-order valence-electron chi connectivity index (χ3n) is 5.11. The summed E-state index contributed by atoms with van der Waals surface area (Å²) < 4.78 is 19.0. The zero-order valence-electron chi connectivity index (χ0n) is 13.0. The van der Waals surface area contributed by atoms with Crippen LogP contribution in [0.1, 0.15) is 42.5 Å². The van der Waals surface area contributed by atoms with Crippen LogP contribution >= 0.6 is 0 Å². The molecule has 0 saturated carbocycles. The molecule has 22 heavy (non-hydrogen) atoms. The molecule has 2 aliphatic heterocycles. The average Bonchev–Trinajstić information content (AvgIpc) is 3.06. The number of carbonyl (C=O) groups excluding carboxylic acids is 1. The van der Waals surface area contributed by atoms with Gasteiger partial charge in [0.2, 0.25) is 0 Å². The summed E-state index contributed by atoms with van der Waals surface area (Å²) in [5.74, 6) is -0.661. The van der Waals surface area contributed by atoms with Gasteiger partial charge in [-0.25, -0.2) is 4.39 Å². The third-order valence-corrected chi connectivity index (χ3v) is 5.11. The van der Waals surface area contributed by atoms with Crippen molar-refractivity contribution in [2.75, 3.05) is 26.7 Å². The predicted molar refractivity (Wildman–Crippen MR) is 82.7 cm³/mol. The van der Waals surface area contributed by atoms with E-state index in [4.69, 9.17) is 4.74 Å². The van der Waals surface area contributed by atoms with E-state index >= 15 is 0 Å². The lowest BCUT2D eigenvalue weighted by atomic mass is 9.90. The number of nitrogens with one attached hydrogen (secondary N) is 1. The molecule has 2 heterocycles. The number of amides is 1. The maximum Gasteiger partial charge on any atom is 0.258 e. The lowest BCUT2D eigenvalue weighted by Crippen LogP contribution is -2.41. The van der Waals surface area contributed by atoms with Crippen molar-refractivity contribution >= 4 is 5.91 Å². The van der Waals surface area contributed by atoms with Crippen LogP contribution in [0.5, 0.6) is 5.75 Å². The summed E-state index contributed by atoms with van der Waals surface area (Å²) in [4.78, 5) is 14.8. The first kappa shape index (κ1) is 15.3. The van der Waals surface area contributed by atoms with Gasteiger partial charge in [0, 0.05) is 12.1 Å². The Morgan fingerprint density at radius 3 is 2.77 bits per heavy atom. The largest absolute Gasteiger partial charge is 0.496 e. The van der Waals surface area contributed by atoms with Gasteiger partial charge in [-0.1, -0.05) is 6.07 Å². The summed E-state index contributed by atoms with van der Waals surface area (Å²) >= 11 is 0. The van der Waals surface area contributed by atoms with Crippen molar-refractivity contribution < 1.29 is 13.9 Å². The summed E-state index contributed by atoms with van der Waals surface area (Å²) in [5.41, 5.74) is 0.268. The van der Waals surface area contributed by atoms with Gasteiger partial charge in [0.05, 0.1) is 7.11 Å². The molecule has 3 rings (SSSR count). The molecular formula is C17H23FN2O2. The minimum atomic E-state index is -0.543. The number of benzene rings is 1. The van der Waals surface area contributed by atoms with E-state index in [0.717, 1.165) is 6.42 Å². The summed E-state index contributed by atoms with van der Waals surface area (Å²) in [6.45, 7) is 2.93. The van der Waals surface area contributed by atoms with Gasteiger partial charge in [0.25, 0.3) is 5.91 Å². The average molecular weight is 306 g/mol. The van der Waals surface area contributed by atoms with Crippen LogP contribution in [0.2, 0.25) is 0 Å². The fraction of sp³-hybridized carbons (Fsp3) is 0.588. The van der Waals surface area contributed by atoms with Crippen LogP contribution < -0.4 is 10.1 Å². The maximum atomic E-state index is 13.9. The van der Waals surface area contributed by atoms with Crippen LogP contribution in [0.15, 0.2) is 18.2 Å². The van der Waals surface area contributed by atoms with Crippen LogP contribution in [0.25, 0.3) is 0 Å². The monoisotopic (exact) mass is 306 g/mol. The lowest BCUT2D eigenvalue weighted by Gasteiger charge is -2.32. The Kier molecular flexibility index (Phi) is 4.34. The van der Waals surface area contributed by atoms with Crippen LogP contribution in [0.4, 0.5) is 4.39 Å². The van der Waals surface area contributed by atoms with E-state index in [1.54, 1.807) is 12.1 Å². The standard InChI is InChI=1S/C17H23FN2O2/c1-22-14-6-2-5-13(18)15(14)16(21)19-10-9-17-7-3-11-20(17)12-4-8-17/h2,5-6H,3-4,7-12H2,1H3,(H,19,21). The molecule has 4 nitrogen and oxygen atoms in total. The van der Waals surface area contributed by atoms with Crippen molar-refractivity contribution in [1.82, 2.24) is 10.2 Å². The van der Waals surface area contributed by atoms with Gasteiger partial charge in [-0.2, -0.15) is 0 Å². The minimum absolute atomic E-state index is 0.00259. The molecule has 1 aromatic rings. The predicted octanol–water partition coefficient (Wildman–Crippen LogP) is 2.58. The molecule has 2 saturated heterocycles. The number of hydrogen-bond donors (Lipinski definition) is 1. The smallest absolute Gasteiger partial charge is 0.258 e. The highest BCUT2D eigenvalue weighted by molar-refractivity contribution is 5.97. The second-order valence-electron chi connectivity index (χ2n) is 6.24. The molecule has 0 unspecified atom stereocenters. The Morgan fingerprint density at radius 2 is 2.09 bits per heavy atom. The number of methoxy groups -OCH3 is 1. The molecule has 120 valence electrons. The Morgan fingerprint density at radius 1 is 1.36 bits per heavy atom. The number of carbonyl (C=O) groups is 1. The first-order chi connectivity index (χ1) is 10.7. The van der Waals surface area contributed by atoms with Gasteiger partial charge in [0.15, 0.2) is 0 Å². The molecule has 1 amide bonds. The topological polar surface area (TPSA) is 41.6 Å². The molecule has 1 aromatic carbocycles. The van der Waals surface area contributed by atoms with Crippen LogP contribution in [-0.2, 0) is 0 Å². The normalized spacial score (nSPS) is 19.9. The molecule has 0 bridgehead atoms. The quantitative estimate of drug-likeness (QED) is 0.909. The van der Waals surface area contributed by atoms with E-state index in [0.29, 0.717) is 6.54 Å². The second kappa shape index (κ2) is 6.24. The molecule has 0 aliphatic carbocycles. The maximum absolute atomic E-state index is 13.9. The zero-order valence-corrected chi connectivity index (χ0v) is 13.0. The SMILES string of the molecule is COc1cccc(F)c1C(=O)NCCC12CCCN1CCC2. The van der Waals surface area contributed by atoms with Crippen LogP contribution in [0.3, 0.4) is 0 Å². The van der Waals surface area contributed by atoms with Crippen molar-refractivity contribution in [3.63, 3.8) is 0 Å². The van der Waals surface area contributed by atoms with Crippen molar-refractivity contribution in [3.8, 4) is 5.75 Å². The molecule has 2 aliphatic rings. The van der Waals surface area contributed by atoms with Crippen molar-refractivity contribution in [1.29, 1.82) is 0 Å². The van der Waals surface area contributed by atoms with Gasteiger partial charge in [-0.05, 0) is 57.3 Å². The summed E-state index contributed by atoms with van der Waals surface area (Å²) in [6, 6.07) is 4.43. The summed E-state index contributed by atoms with van der Waals surface area (Å²) in [7, 11) is 1.44. The molecule has 1 N–H and O–H groups in total. The molecule has 0 radical (unpaired) electrons. The molecular weight excluding hydrogens is 283 g/mol. The van der Waals surface area contributed by atoms with Gasteiger partial charge >= 0.3 is 0 Å². The first-order valence-electron chi connectivity index (χ1n) is 8.02. The van der Waals surface area contributed by atoms with Crippen LogP contribution in [-0.4, -0.2) is 43.1 Å². The lowest BCUT2D eigenvalue weighted by molar-refractivity contribution is 0.0935.